The SMILES string of the molecule is CCCCCCCCC(Br)C(Br)CCCCCCCC(=O)OC[C@H](COP(=O)([O-])OCC[N+](C)(C)C)OC(=O)CCCc1ccc2ccc3cccc4ccc1c2c34. The highest BCUT2D eigenvalue weighted by molar-refractivity contribution is 9.12. The van der Waals surface area contributed by atoms with E-state index in [9.17, 15) is 19.0 Å². The topological polar surface area (TPSA) is 111 Å². The van der Waals surface area contributed by atoms with Gasteiger partial charge in [0.2, 0.25) is 0 Å². The zero-order valence-corrected chi connectivity index (χ0v) is 39.3. The number of carbonyl (C=O) groups is 2. The number of halogens is 2. The third-order valence-corrected chi connectivity index (χ3v) is 14.6. The molecule has 4 aromatic carbocycles. The van der Waals surface area contributed by atoms with Crippen LogP contribution in [0, 0.1) is 0 Å². The van der Waals surface area contributed by atoms with Crippen molar-refractivity contribution >= 4 is 83.9 Å². The second-order valence-corrected chi connectivity index (χ2v) is 20.5. The van der Waals surface area contributed by atoms with E-state index in [0.29, 0.717) is 39.9 Å². The number of hydrogen-bond acceptors (Lipinski definition) is 8. The summed E-state index contributed by atoms with van der Waals surface area (Å²) in [5, 5.41) is 7.21. The fourth-order valence-corrected chi connectivity index (χ4v) is 9.22. The number of benzene rings is 4. The highest BCUT2D eigenvalue weighted by atomic mass is 79.9. The lowest BCUT2D eigenvalue weighted by atomic mass is 9.90. The molecule has 0 amide bonds. The Kier molecular flexibility index (Phi) is 20.9. The zero-order chi connectivity index (χ0) is 42.0. The van der Waals surface area contributed by atoms with Gasteiger partial charge in [-0.3, -0.25) is 14.2 Å². The van der Waals surface area contributed by atoms with Crippen molar-refractivity contribution in [2.24, 2.45) is 0 Å². The molecule has 4 atom stereocenters. The predicted molar refractivity (Wildman–Crippen MR) is 242 cm³/mol. The third-order valence-electron chi connectivity index (χ3n) is 10.7. The van der Waals surface area contributed by atoms with E-state index in [1.165, 1.54) is 77.3 Å². The summed E-state index contributed by atoms with van der Waals surface area (Å²) in [7, 11) is 1.08. The number of likely N-dealkylation sites (N-methyl/N-ethyl adjacent to an activating group) is 1. The van der Waals surface area contributed by atoms with Crippen LogP contribution in [0.5, 0.6) is 0 Å². The van der Waals surface area contributed by atoms with Gasteiger partial charge in [-0.15, -0.1) is 0 Å². The molecule has 0 aromatic heterocycles. The van der Waals surface area contributed by atoms with Crippen LogP contribution in [0.25, 0.3) is 32.3 Å². The fourth-order valence-electron chi connectivity index (χ4n) is 7.31. The summed E-state index contributed by atoms with van der Waals surface area (Å²) < 4.78 is 34.3. The summed E-state index contributed by atoms with van der Waals surface area (Å²) in [6, 6.07) is 19.2. The first-order valence-electron chi connectivity index (χ1n) is 21.5. The number of phosphoric ester groups is 1. The van der Waals surface area contributed by atoms with Crippen LogP contribution in [-0.4, -0.2) is 79.7 Å². The smallest absolute Gasteiger partial charge is 0.306 e. The normalized spacial score (nSPS) is 14.8. The van der Waals surface area contributed by atoms with Crippen LogP contribution in [-0.2, 0) is 39.1 Å². The average Bonchev–Trinajstić information content (AvgIpc) is 3.18. The molecule has 0 fully saturated rings. The zero-order valence-electron chi connectivity index (χ0n) is 35.2. The molecule has 4 rings (SSSR count). The molecule has 58 heavy (non-hydrogen) atoms. The quantitative estimate of drug-likeness (QED) is 0.0127. The first kappa shape index (κ1) is 48.6. The van der Waals surface area contributed by atoms with Crippen molar-refractivity contribution in [2.45, 2.75) is 132 Å². The maximum atomic E-state index is 13.1. The van der Waals surface area contributed by atoms with Crippen molar-refractivity contribution in [3.05, 3.63) is 60.2 Å². The molecular formula is C46H66Br2NO8P. The first-order chi connectivity index (χ1) is 27.8. The van der Waals surface area contributed by atoms with Crippen molar-refractivity contribution in [3.8, 4) is 0 Å². The molecule has 322 valence electrons. The molecule has 12 heteroatoms. The number of alkyl halides is 2. The Morgan fingerprint density at radius 1 is 0.690 bits per heavy atom. The van der Waals surface area contributed by atoms with Gasteiger partial charge >= 0.3 is 11.9 Å². The van der Waals surface area contributed by atoms with Gasteiger partial charge in [0.15, 0.2) is 6.10 Å². The fraction of sp³-hybridized carbons (Fsp3) is 0.609. The molecule has 0 aliphatic rings. The minimum absolute atomic E-state index is 0.0558. The van der Waals surface area contributed by atoms with Crippen LogP contribution in [0.3, 0.4) is 0 Å². The van der Waals surface area contributed by atoms with E-state index >= 15 is 0 Å². The summed E-state index contributed by atoms with van der Waals surface area (Å²) in [6.45, 7) is 1.82. The van der Waals surface area contributed by atoms with Crippen LogP contribution in [0.1, 0.15) is 115 Å². The van der Waals surface area contributed by atoms with Gasteiger partial charge in [-0.05, 0) is 70.0 Å². The monoisotopic (exact) mass is 949 g/mol. The number of aryl methyl sites for hydroxylation is 1. The number of rotatable bonds is 30. The number of nitrogens with zero attached hydrogens (tertiary/aromatic N) is 1. The molecule has 0 aliphatic heterocycles. The van der Waals surface area contributed by atoms with E-state index in [4.69, 9.17) is 18.5 Å². The van der Waals surface area contributed by atoms with Gasteiger partial charge in [-0.2, -0.15) is 0 Å². The molecule has 9 nitrogen and oxygen atoms in total. The number of carbonyl (C=O) groups excluding carboxylic acids is 2. The number of hydrogen-bond donors (Lipinski definition) is 0. The van der Waals surface area contributed by atoms with Crippen molar-refractivity contribution in [3.63, 3.8) is 0 Å². The Balaban J connectivity index is 1.20. The van der Waals surface area contributed by atoms with E-state index in [2.05, 4.69) is 93.4 Å². The minimum Gasteiger partial charge on any atom is -0.756 e. The molecule has 0 bridgehead atoms. The van der Waals surface area contributed by atoms with E-state index in [1.807, 2.05) is 21.1 Å². The molecule has 0 saturated heterocycles. The standard InChI is InChI=1S/C46H66Br2NO8P/c1-5-6-7-8-10-13-21-41(47)42(48)22-14-11-9-12-15-23-43(50)54-33-39(34-56-58(52,53)55-32-31-49(2,3)4)57-44(51)24-17-18-35-25-26-38-28-27-36-19-16-20-37-29-30-40(35)46(38)45(36)37/h16,19-20,25-30,39,41-42H,5-15,17-18,21-24,31-34H2,1-4H3/t39-,41?,42?/m1/s1. The summed E-state index contributed by atoms with van der Waals surface area (Å²) in [5.41, 5.74) is 1.14. The van der Waals surface area contributed by atoms with Gasteiger partial charge in [0.25, 0.3) is 7.82 Å². The second kappa shape index (κ2) is 25.0. The molecule has 0 N–H and O–H groups in total. The van der Waals surface area contributed by atoms with E-state index in [0.717, 1.165) is 37.7 Å². The van der Waals surface area contributed by atoms with Gasteiger partial charge in [0.05, 0.1) is 27.7 Å². The van der Waals surface area contributed by atoms with Crippen LogP contribution < -0.4 is 4.89 Å². The molecule has 0 radical (unpaired) electrons. The van der Waals surface area contributed by atoms with Crippen molar-refractivity contribution in [2.75, 3.05) is 47.5 Å². The van der Waals surface area contributed by atoms with E-state index in [1.54, 1.807) is 0 Å². The van der Waals surface area contributed by atoms with Crippen LogP contribution in [0.2, 0.25) is 0 Å². The molecule has 3 unspecified atom stereocenters. The maximum absolute atomic E-state index is 13.1. The third kappa shape index (κ3) is 17.1. The number of ether oxygens (including phenoxy) is 2. The van der Waals surface area contributed by atoms with Crippen molar-refractivity contribution in [1.29, 1.82) is 0 Å². The Hall–Kier alpha value is -2.11. The molecule has 0 aliphatic carbocycles. The van der Waals surface area contributed by atoms with Crippen LogP contribution in [0.4, 0.5) is 0 Å². The van der Waals surface area contributed by atoms with Crippen molar-refractivity contribution in [1.82, 2.24) is 0 Å². The van der Waals surface area contributed by atoms with Gasteiger partial charge < -0.3 is 27.9 Å². The lowest BCUT2D eigenvalue weighted by Crippen LogP contribution is -2.37. The molecule has 0 saturated carbocycles. The minimum atomic E-state index is -4.68. The average molecular weight is 952 g/mol. The molecule has 0 spiro atoms. The Morgan fingerprint density at radius 3 is 1.91 bits per heavy atom. The van der Waals surface area contributed by atoms with Gasteiger partial charge in [-0.1, -0.05) is 158 Å². The second-order valence-electron chi connectivity index (χ2n) is 16.7. The number of quaternary nitrogens is 1. The molecular weight excluding hydrogens is 885 g/mol. The van der Waals surface area contributed by atoms with Gasteiger partial charge in [0.1, 0.15) is 19.8 Å². The summed E-state index contributed by atoms with van der Waals surface area (Å²) in [5.74, 6) is -0.940. The predicted octanol–water partition coefficient (Wildman–Crippen LogP) is 11.6. The van der Waals surface area contributed by atoms with Gasteiger partial charge in [-0.25, -0.2) is 0 Å². The number of esters is 2. The molecule has 4 aromatic rings. The van der Waals surface area contributed by atoms with E-state index in [-0.39, 0.29) is 26.1 Å². The maximum Gasteiger partial charge on any atom is 0.306 e. The lowest BCUT2D eigenvalue weighted by Gasteiger charge is -2.28. The largest absolute Gasteiger partial charge is 0.756 e. The van der Waals surface area contributed by atoms with Gasteiger partial charge in [0, 0.05) is 22.5 Å². The van der Waals surface area contributed by atoms with Crippen LogP contribution in [0.15, 0.2) is 54.6 Å². The van der Waals surface area contributed by atoms with E-state index < -0.39 is 32.5 Å². The Labute approximate surface area is 363 Å². The lowest BCUT2D eigenvalue weighted by molar-refractivity contribution is -0.870. The first-order valence-corrected chi connectivity index (χ1v) is 24.7. The highest BCUT2D eigenvalue weighted by Crippen LogP contribution is 2.39. The highest BCUT2D eigenvalue weighted by Gasteiger charge is 2.22. The Bertz CT molecular complexity index is 1870. The number of phosphoric acid groups is 1. The van der Waals surface area contributed by atoms with Crippen LogP contribution >= 0.6 is 39.7 Å². The summed E-state index contributed by atoms with van der Waals surface area (Å²) in [6.07, 6.45) is 15.5. The Morgan fingerprint density at radius 2 is 1.26 bits per heavy atom. The summed E-state index contributed by atoms with van der Waals surface area (Å²) >= 11 is 7.75. The number of unbranched alkanes of at least 4 members (excludes halogenated alkanes) is 9. The summed E-state index contributed by atoms with van der Waals surface area (Å²) in [4.78, 5) is 39.3. The van der Waals surface area contributed by atoms with Crippen molar-refractivity contribution < 1.29 is 42.1 Å². The molecule has 0 heterocycles.